The standard InChI is InChI=1S/C20H24F2N4O4/c1-23-11-16-13-26(20(27)30-16)14-9-17(21)19(18(22)10-14)24-4-5-25(29-8-6-24)12-15-3-2-7-28-15/h2-3,7,9-10,16,23H,4-6,8,11-13H2,1H3/t16-/m0/s1. The maximum atomic E-state index is 14.9. The first-order valence-electron chi connectivity index (χ1n) is 9.82. The van der Waals surface area contributed by atoms with E-state index in [1.54, 1.807) is 29.3 Å². The number of likely N-dealkylation sites (N-methyl/N-ethyl adjacent to an activating group) is 1. The van der Waals surface area contributed by atoms with E-state index in [2.05, 4.69) is 5.32 Å². The fraction of sp³-hybridized carbons (Fsp3) is 0.450. The molecular weight excluding hydrogens is 398 g/mol. The predicted molar refractivity (Wildman–Crippen MR) is 105 cm³/mol. The molecule has 0 saturated carbocycles. The summed E-state index contributed by atoms with van der Waals surface area (Å²) in [4.78, 5) is 20.6. The maximum Gasteiger partial charge on any atom is 0.414 e. The summed E-state index contributed by atoms with van der Waals surface area (Å²) >= 11 is 0. The van der Waals surface area contributed by atoms with Crippen LogP contribution in [0.2, 0.25) is 0 Å². The minimum atomic E-state index is -0.727. The number of carbonyl (C=O) groups excluding carboxylic acids is 1. The van der Waals surface area contributed by atoms with E-state index >= 15 is 0 Å². The second-order valence-electron chi connectivity index (χ2n) is 7.20. The van der Waals surface area contributed by atoms with Gasteiger partial charge in [0.1, 0.15) is 17.6 Å². The molecule has 0 spiro atoms. The van der Waals surface area contributed by atoms with E-state index in [0.29, 0.717) is 32.7 Å². The highest BCUT2D eigenvalue weighted by Gasteiger charge is 2.33. The van der Waals surface area contributed by atoms with E-state index in [4.69, 9.17) is 14.0 Å². The van der Waals surface area contributed by atoms with Crippen LogP contribution in [0.4, 0.5) is 25.0 Å². The molecule has 30 heavy (non-hydrogen) atoms. The van der Waals surface area contributed by atoms with E-state index in [0.717, 1.165) is 5.76 Å². The van der Waals surface area contributed by atoms with Crippen molar-refractivity contribution >= 4 is 17.5 Å². The van der Waals surface area contributed by atoms with Crippen molar-refractivity contribution in [1.82, 2.24) is 10.4 Å². The molecule has 0 aliphatic carbocycles. The molecule has 2 saturated heterocycles. The Kier molecular flexibility index (Phi) is 6.16. The average Bonchev–Trinajstić information content (AvgIpc) is 3.28. The lowest BCUT2D eigenvalue weighted by Crippen LogP contribution is -2.32. The van der Waals surface area contributed by atoms with Crippen molar-refractivity contribution in [3.8, 4) is 0 Å². The Hall–Kier alpha value is -2.69. The Morgan fingerprint density at radius 1 is 1.20 bits per heavy atom. The lowest BCUT2D eigenvalue weighted by molar-refractivity contribution is -0.157. The smallest absolute Gasteiger partial charge is 0.414 e. The van der Waals surface area contributed by atoms with Gasteiger partial charge >= 0.3 is 6.09 Å². The lowest BCUT2D eigenvalue weighted by atomic mass is 10.2. The Bertz CT molecular complexity index is 857. The zero-order valence-electron chi connectivity index (χ0n) is 16.6. The number of halogens is 2. The Balaban J connectivity index is 1.46. The Labute approximate surface area is 172 Å². The number of hydroxylamine groups is 2. The SMILES string of the molecule is CNC[C@H]1CN(c2cc(F)c(N3CCON(Cc4ccco4)CC3)c(F)c2)C(=O)O1. The molecule has 0 bridgehead atoms. The molecular formula is C20H24F2N4O4. The number of carbonyl (C=O) groups is 1. The molecule has 2 aromatic rings. The third-order valence-electron chi connectivity index (χ3n) is 5.10. The summed E-state index contributed by atoms with van der Waals surface area (Å²) in [5, 5.41) is 4.63. The maximum absolute atomic E-state index is 14.9. The fourth-order valence-corrected chi connectivity index (χ4v) is 3.69. The number of anilines is 2. The van der Waals surface area contributed by atoms with Gasteiger partial charge in [0, 0.05) is 38.3 Å². The van der Waals surface area contributed by atoms with Crippen LogP contribution in [0.1, 0.15) is 5.76 Å². The number of ether oxygens (including phenoxy) is 1. The van der Waals surface area contributed by atoms with Gasteiger partial charge in [-0.05, 0) is 19.2 Å². The van der Waals surface area contributed by atoms with Gasteiger partial charge in [-0.2, -0.15) is 5.06 Å². The van der Waals surface area contributed by atoms with E-state index in [9.17, 15) is 13.6 Å². The van der Waals surface area contributed by atoms with E-state index < -0.39 is 17.7 Å². The summed E-state index contributed by atoms with van der Waals surface area (Å²) in [6, 6.07) is 5.99. The van der Waals surface area contributed by atoms with Crippen LogP contribution in [0.25, 0.3) is 0 Å². The third-order valence-corrected chi connectivity index (χ3v) is 5.10. The number of nitrogens with one attached hydrogen (secondary N) is 1. The van der Waals surface area contributed by atoms with Crippen molar-refractivity contribution in [3.05, 3.63) is 47.9 Å². The van der Waals surface area contributed by atoms with Crippen molar-refractivity contribution in [2.45, 2.75) is 12.6 Å². The normalized spacial score (nSPS) is 20.5. The summed E-state index contributed by atoms with van der Waals surface area (Å²) in [6.07, 6.45) is 0.609. The quantitative estimate of drug-likeness (QED) is 0.766. The van der Waals surface area contributed by atoms with Crippen LogP contribution < -0.4 is 15.1 Å². The Morgan fingerprint density at radius 2 is 2.00 bits per heavy atom. The molecule has 4 rings (SSSR count). The Morgan fingerprint density at radius 3 is 2.70 bits per heavy atom. The number of furan rings is 1. The largest absolute Gasteiger partial charge is 0.468 e. The van der Waals surface area contributed by atoms with Crippen LogP contribution in [0.3, 0.4) is 0 Å². The molecule has 2 fully saturated rings. The van der Waals surface area contributed by atoms with Gasteiger partial charge < -0.3 is 19.4 Å². The van der Waals surface area contributed by atoms with E-state index in [-0.39, 0.29) is 30.6 Å². The van der Waals surface area contributed by atoms with Gasteiger partial charge in [-0.3, -0.25) is 9.74 Å². The van der Waals surface area contributed by atoms with Crippen molar-refractivity contribution in [2.75, 3.05) is 56.2 Å². The minimum absolute atomic E-state index is 0.124. The van der Waals surface area contributed by atoms with E-state index in [1.807, 2.05) is 6.07 Å². The molecule has 0 radical (unpaired) electrons. The molecule has 1 N–H and O–H groups in total. The monoisotopic (exact) mass is 422 g/mol. The number of nitrogens with zero attached hydrogens (tertiary/aromatic N) is 3. The van der Waals surface area contributed by atoms with Crippen LogP contribution in [0.15, 0.2) is 34.9 Å². The first kappa shape index (κ1) is 20.6. The average molecular weight is 422 g/mol. The number of benzene rings is 1. The molecule has 162 valence electrons. The zero-order valence-corrected chi connectivity index (χ0v) is 16.6. The summed E-state index contributed by atoms with van der Waals surface area (Å²) in [5.74, 6) is -0.706. The van der Waals surface area contributed by atoms with Crippen LogP contribution in [-0.2, 0) is 16.1 Å². The van der Waals surface area contributed by atoms with Gasteiger partial charge in [-0.1, -0.05) is 0 Å². The summed E-state index contributed by atoms with van der Waals surface area (Å²) in [7, 11) is 1.74. The second kappa shape index (κ2) is 8.99. The number of rotatable bonds is 6. The molecule has 1 atom stereocenters. The lowest BCUT2D eigenvalue weighted by Gasteiger charge is -2.24. The fourth-order valence-electron chi connectivity index (χ4n) is 3.69. The number of hydrogen-bond acceptors (Lipinski definition) is 7. The number of cyclic esters (lactones) is 1. The topological polar surface area (TPSA) is 70.4 Å². The highest BCUT2D eigenvalue weighted by atomic mass is 19.1. The molecule has 0 unspecified atom stereocenters. The predicted octanol–water partition coefficient (Wildman–Crippen LogP) is 2.36. The number of amides is 1. The van der Waals surface area contributed by atoms with Gasteiger partial charge in [0.05, 0.1) is 31.6 Å². The summed E-state index contributed by atoms with van der Waals surface area (Å²) < 4.78 is 40.4. The number of hydrogen-bond donors (Lipinski definition) is 1. The van der Waals surface area contributed by atoms with Crippen molar-refractivity contribution < 1.29 is 27.6 Å². The van der Waals surface area contributed by atoms with Crippen molar-refractivity contribution in [3.63, 3.8) is 0 Å². The molecule has 3 heterocycles. The van der Waals surface area contributed by atoms with Crippen LogP contribution in [-0.4, -0.2) is 63.6 Å². The summed E-state index contributed by atoms with van der Waals surface area (Å²) in [5.41, 5.74) is 0.0180. The molecule has 2 aliphatic heterocycles. The van der Waals surface area contributed by atoms with E-state index in [1.165, 1.54) is 17.0 Å². The first-order valence-corrected chi connectivity index (χ1v) is 9.82. The molecule has 10 heteroatoms. The van der Waals surface area contributed by atoms with Gasteiger partial charge in [0.25, 0.3) is 0 Å². The molecule has 1 aromatic heterocycles. The van der Waals surface area contributed by atoms with Crippen molar-refractivity contribution in [2.24, 2.45) is 0 Å². The highest BCUT2D eigenvalue weighted by molar-refractivity contribution is 5.90. The second-order valence-corrected chi connectivity index (χ2v) is 7.20. The molecule has 2 aliphatic rings. The zero-order chi connectivity index (χ0) is 21.1. The van der Waals surface area contributed by atoms with Gasteiger partial charge in [0.15, 0.2) is 11.6 Å². The third kappa shape index (κ3) is 4.40. The molecule has 1 amide bonds. The highest BCUT2D eigenvalue weighted by Crippen LogP contribution is 2.31. The van der Waals surface area contributed by atoms with Gasteiger partial charge in [-0.25, -0.2) is 13.6 Å². The van der Waals surface area contributed by atoms with Crippen LogP contribution >= 0.6 is 0 Å². The molecule has 1 aromatic carbocycles. The van der Waals surface area contributed by atoms with Crippen LogP contribution in [0, 0.1) is 11.6 Å². The van der Waals surface area contributed by atoms with Crippen LogP contribution in [0.5, 0.6) is 0 Å². The summed E-state index contributed by atoms with van der Waals surface area (Å²) in [6.45, 7) is 2.60. The van der Waals surface area contributed by atoms with Crippen molar-refractivity contribution in [1.29, 1.82) is 0 Å². The van der Waals surface area contributed by atoms with Gasteiger partial charge in [-0.15, -0.1) is 0 Å². The molecule has 8 nitrogen and oxygen atoms in total. The van der Waals surface area contributed by atoms with Gasteiger partial charge in [0.2, 0.25) is 0 Å². The first-order chi connectivity index (χ1) is 14.5. The minimum Gasteiger partial charge on any atom is -0.468 e.